The van der Waals surface area contributed by atoms with Gasteiger partial charge in [-0.05, 0) is 0 Å². The van der Waals surface area contributed by atoms with Gasteiger partial charge in [-0.25, -0.2) is 4.79 Å². The van der Waals surface area contributed by atoms with E-state index in [2.05, 4.69) is 22.4 Å². The molecule has 0 aromatic carbocycles. The van der Waals surface area contributed by atoms with Crippen molar-refractivity contribution in [1.29, 1.82) is 0 Å². The molecule has 0 aromatic heterocycles. The fraction of sp³-hybridized carbons (Fsp3) is 0. The third-order valence-electron chi connectivity index (χ3n) is 0.562. The fourth-order valence-corrected chi connectivity index (χ4v) is 0.171. The van der Waals surface area contributed by atoms with Crippen molar-refractivity contribution < 1.29 is 9.63 Å². The van der Waals surface area contributed by atoms with Crippen LogP contribution in [0.1, 0.15) is 0 Å². The molecule has 0 amide bonds. The van der Waals surface area contributed by atoms with Gasteiger partial charge in [0.15, 0.2) is 0 Å². The number of hydrogen-bond donors (Lipinski definition) is 3. The number of nitrogens with two attached hydrogens (primary N) is 2. The van der Waals surface area contributed by atoms with Crippen molar-refractivity contribution in [2.45, 2.75) is 0 Å². The van der Waals surface area contributed by atoms with E-state index in [4.69, 9.17) is 5.73 Å². The van der Waals surface area contributed by atoms with Gasteiger partial charge in [-0.15, -0.1) is 5.10 Å². The molecule has 0 spiro atoms. The molecule has 0 radical (unpaired) electrons. The molecule has 10 heavy (non-hydrogen) atoms. The first-order chi connectivity index (χ1) is 4.70. The molecule has 0 aliphatic carbocycles. The molecule has 0 bridgehead atoms. The zero-order valence-corrected chi connectivity index (χ0v) is 5.20. The Kier molecular flexibility index (Phi) is 3.47. The van der Waals surface area contributed by atoms with Crippen LogP contribution in [0.2, 0.25) is 0 Å². The monoisotopic (exact) mass is 144 g/mol. The van der Waals surface area contributed by atoms with E-state index in [9.17, 15) is 4.79 Å². The topological polar surface area (TPSA) is 103 Å². The van der Waals surface area contributed by atoms with Gasteiger partial charge in [0.05, 0.1) is 0 Å². The summed E-state index contributed by atoms with van der Waals surface area (Å²) in [6, 6.07) is 0. The van der Waals surface area contributed by atoms with Gasteiger partial charge in [0, 0.05) is 6.08 Å². The average Bonchev–Trinajstić information content (AvgIpc) is 1.99. The molecule has 56 valence electrons. The van der Waals surface area contributed by atoms with Gasteiger partial charge < -0.3 is 16.4 Å². The van der Waals surface area contributed by atoms with E-state index in [1.54, 1.807) is 0 Å². The highest BCUT2D eigenvalue weighted by Crippen LogP contribution is 1.70. The van der Waals surface area contributed by atoms with Crippen LogP contribution in [0.15, 0.2) is 17.8 Å². The molecular weight excluding hydrogens is 136 g/mol. The molecule has 0 atom stereocenters. The molecule has 0 unspecified atom stereocenters. The summed E-state index contributed by atoms with van der Waals surface area (Å²) < 4.78 is 0. The minimum atomic E-state index is -0.661. The summed E-state index contributed by atoms with van der Waals surface area (Å²) in [7, 11) is 0. The van der Waals surface area contributed by atoms with Crippen LogP contribution in [-0.2, 0) is 9.63 Å². The molecule has 0 fully saturated rings. The quantitative estimate of drug-likeness (QED) is 0.135. The molecule has 0 aliphatic heterocycles. The van der Waals surface area contributed by atoms with Gasteiger partial charge >= 0.3 is 5.97 Å². The van der Waals surface area contributed by atoms with E-state index in [1.165, 1.54) is 0 Å². The Labute approximate surface area is 57.5 Å². The van der Waals surface area contributed by atoms with E-state index in [0.717, 1.165) is 6.08 Å². The molecular formula is C4H8N4O2. The van der Waals surface area contributed by atoms with Crippen LogP contribution >= 0.6 is 0 Å². The normalized spacial score (nSPS) is 10.2. The minimum absolute atomic E-state index is 0.185. The number of guanidine groups is 1. The molecule has 0 heterocycles. The summed E-state index contributed by atoms with van der Waals surface area (Å²) in [6.07, 6.45) is 0.969. The predicted molar refractivity (Wildman–Crippen MR) is 35.2 cm³/mol. The van der Waals surface area contributed by atoms with Crippen LogP contribution in [0, 0.1) is 0 Å². The largest absolute Gasteiger partial charge is 0.366 e. The SMILES string of the molecule is C=CC(=O)ONC(N)=NN. The van der Waals surface area contributed by atoms with E-state index in [0.29, 0.717) is 0 Å². The van der Waals surface area contributed by atoms with Crippen LogP contribution in [0.3, 0.4) is 0 Å². The zero-order valence-electron chi connectivity index (χ0n) is 5.20. The van der Waals surface area contributed by atoms with Gasteiger partial charge in [0.1, 0.15) is 0 Å². The molecule has 0 rings (SSSR count). The van der Waals surface area contributed by atoms with E-state index in [1.807, 2.05) is 5.48 Å². The third-order valence-corrected chi connectivity index (χ3v) is 0.562. The summed E-state index contributed by atoms with van der Waals surface area (Å²) in [4.78, 5) is 14.5. The number of rotatable bonds is 1. The Morgan fingerprint density at radius 2 is 2.40 bits per heavy atom. The fourth-order valence-electron chi connectivity index (χ4n) is 0.171. The molecule has 0 aromatic rings. The predicted octanol–water partition coefficient (Wildman–Crippen LogP) is -1.59. The van der Waals surface area contributed by atoms with Gasteiger partial charge in [-0.2, -0.15) is 5.48 Å². The molecule has 5 N–H and O–H groups in total. The Balaban J connectivity index is 3.55. The van der Waals surface area contributed by atoms with Crippen LogP contribution in [0.5, 0.6) is 0 Å². The van der Waals surface area contributed by atoms with Crippen molar-refractivity contribution in [3.05, 3.63) is 12.7 Å². The minimum Gasteiger partial charge on any atom is -0.366 e. The Morgan fingerprint density at radius 3 is 2.80 bits per heavy atom. The maximum atomic E-state index is 10.3. The van der Waals surface area contributed by atoms with Crippen molar-refractivity contribution in [3.63, 3.8) is 0 Å². The van der Waals surface area contributed by atoms with E-state index >= 15 is 0 Å². The second-order valence-electron chi connectivity index (χ2n) is 1.24. The third kappa shape index (κ3) is 3.30. The van der Waals surface area contributed by atoms with Crippen molar-refractivity contribution in [1.82, 2.24) is 5.48 Å². The van der Waals surface area contributed by atoms with Gasteiger partial charge in [0.2, 0.25) is 5.96 Å². The first kappa shape index (κ1) is 8.28. The zero-order chi connectivity index (χ0) is 7.98. The highest BCUT2D eigenvalue weighted by molar-refractivity contribution is 5.83. The highest BCUT2D eigenvalue weighted by Gasteiger charge is 1.94. The van der Waals surface area contributed by atoms with E-state index < -0.39 is 5.97 Å². The summed E-state index contributed by atoms with van der Waals surface area (Å²) >= 11 is 0. The second kappa shape index (κ2) is 4.19. The second-order valence-corrected chi connectivity index (χ2v) is 1.24. The van der Waals surface area contributed by atoms with E-state index in [-0.39, 0.29) is 5.96 Å². The first-order valence-corrected chi connectivity index (χ1v) is 2.33. The maximum Gasteiger partial charge on any atom is 0.355 e. The standard InChI is InChI=1S/C4H8N4O2/c1-2-3(9)10-8-4(5)7-6/h2H,1,6H2,(H3,5,7,8). The first-order valence-electron chi connectivity index (χ1n) is 2.33. The number of nitrogens with zero attached hydrogens (tertiary/aromatic N) is 1. The summed E-state index contributed by atoms with van der Waals surface area (Å²) in [5.74, 6) is 3.84. The van der Waals surface area contributed by atoms with Crippen molar-refractivity contribution in [3.8, 4) is 0 Å². The lowest BCUT2D eigenvalue weighted by atomic mass is 10.7. The Morgan fingerprint density at radius 1 is 1.80 bits per heavy atom. The number of carbonyl (C=O) groups excluding carboxylic acids is 1. The van der Waals surface area contributed by atoms with Gasteiger partial charge in [0.25, 0.3) is 0 Å². The van der Waals surface area contributed by atoms with Gasteiger partial charge in [-0.1, -0.05) is 6.58 Å². The molecule has 6 nitrogen and oxygen atoms in total. The van der Waals surface area contributed by atoms with Crippen LogP contribution < -0.4 is 17.1 Å². The van der Waals surface area contributed by atoms with Crippen LogP contribution in [0.25, 0.3) is 0 Å². The highest BCUT2D eigenvalue weighted by atomic mass is 16.7. The molecule has 0 aliphatic rings. The number of nitrogens with one attached hydrogen (secondary N) is 1. The smallest absolute Gasteiger partial charge is 0.355 e. The Bertz CT molecular complexity index is 163. The van der Waals surface area contributed by atoms with Crippen LogP contribution in [-0.4, -0.2) is 11.9 Å². The van der Waals surface area contributed by atoms with Crippen molar-refractivity contribution in [2.75, 3.05) is 0 Å². The molecule has 0 saturated carbocycles. The number of hydrogen-bond acceptors (Lipinski definition) is 4. The summed E-state index contributed by atoms with van der Waals surface area (Å²) in [5.41, 5.74) is 6.94. The maximum absolute atomic E-state index is 10.3. The number of carbonyl (C=O) groups is 1. The van der Waals surface area contributed by atoms with Crippen LogP contribution in [0.4, 0.5) is 0 Å². The number of hydroxylamine groups is 1. The number of hydrazone groups is 1. The molecule has 6 heteroatoms. The molecule has 0 saturated heterocycles. The summed E-state index contributed by atoms with van der Waals surface area (Å²) in [5, 5.41) is 2.97. The lowest BCUT2D eigenvalue weighted by Crippen LogP contribution is -2.34. The summed E-state index contributed by atoms with van der Waals surface area (Å²) in [6.45, 7) is 3.14. The van der Waals surface area contributed by atoms with Crippen molar-refractivity contribution >= 4 is 11.9 Å². The lowest BCUT2D eigenvalue weighted by molar-refractivity contribution is -0.141. The Hall–Kier alpha value is -1.72. The van der Waals surface area contributed by atoms with Crippen molar-refractivity contribution in [2.24, 2.45) is 16.7 Å². The average molecular weight is 144 g/mol. The van der Waals surface area contributed by atoms with Gasteiger partial charge in [-0.3, -0.25) is 0 Å². The lowest BCUT2D eigenvalue weighted by Gasteiger charge is -2.00.